The van der Waals surface area contributed by atoms with Crippen molar-refractivity contribution in [3.8, 4) is 5.75 Å². The first-order chi connectivity index (χ1) is 31.6. The largest absolute Gasteiger partial charge is 0.432 e. The van der Waals surface area contributed by atoms with Crippen LogP contribution in [0, 0.1) is 63.3 Å². The summed E-state index contributed by atoms with van der Waals surface area (Å²) < 4.78 is 74.1. The Morgan fingerprint density at radius 3 is 1.42 bits per heavy atom. The zero-order chi connectivity index (χ0) is 47.4. The number of thioether (sulfide) groups is 2. The van der Waals surface area contributed by atoms with E-state index in [0.29, 0.717) is 42.1 Å². The predicted molar refractivity (Wildman–Crippen MR) is 269 cm³/mol. The van der Waals surface area contributed by atoms with Gasteiger partial charge in [0.05, 0.1) is 5.92 Å². The van der Waals surface area contributed by atoms with Crippen molar-refractivity contribution in [2.45, 2.75) is 233 Å². The Kier molecular flexibility index (Phi) is 20.5. The first-order valence-corrected chi connectivity index (χ1v) is 29.0. The van der Waals surface area contributed by atoms with E-state index in [1.54, 1.807) is 4.24 Å². The number of hydrogen-bond donors (Lipinski definition) is 0. The van der Waals surface area contributed by atoms with E-state index in [1.165, 1.54) is 158 Å². The second kappa shape index (κ2) is 25.1. The SMILES string of the molecule is C=C1CCC(CCC)CC1.CCCC1CCC2(CC1)CC(=C1SCCCS1)C2.CCCC1CCC2(CC1)CC(=O)C2.CCCC1CCC2(CC1)CC(C(F)(F)Oc1cc(F)c(F)c(F)c1)C2. The Hall–Kier alpha value is -1.48. The van der Waals surface area contributed by atoms with Gasteiger partial charge in [-0.3, -0.25) is 4.79 Å². The maximum Gasteiger partial charge on any atom is 0.400 e. The number of ketones is 1. The van der Waals surface area contributed by atoms with E-state index in [0.717, 1.165) is 68.1 Å². The number of ether oxygens (including phenoxy) is 1. The van der Waals surface area contributed by atoms with Gasteiger partial charge < -0.3 is 4.74 Å². The standard InChI is InChI=1S/C19H23F5O.C16H26S2.C12H20O.C10H18/c1-2-3-12-4-6-18(7-5-12)10-13(11-18)19(23,24)25-14-8-15(20)17(22)16(21)9-14;1-2-4-13-5-7-16(8-6-13)11-14(12-16)15-17-9-3-10-18-15;1-2-3-10-4-6-12(7-5-10)8-11(13)9-12;1-3-4-10-7-5-9(2)6-8-10/h8-9,12-13H,2-7,10-11H2,1H3;13H,2-12H2,1H3;10H,2-9H2,1H3;10H,2-8H2,1H3. The summed E-state index contributed by atoms with van der Waals surface area (Å²) in [5.74, 6) is 0.607. The van der Waals surface area contributed by atoms with Crippen molar-refractivity contribution < 1.29 is 31.5 Å². The average Bonchev–Trinajstić information content (AvgIpc) is 3.27. The molecule has 7 aliphatic carbocycles. The van der Waals surface area contributed by atoms with Gasteiger partial charge in [0.25, 0.3) is 0 Å². The van der Waals surface area contributed by atoms with Gasteiger partial charge in [-0.2, -0.15) is 8.78 Å². The van der Waals surface area contributed by atoms with Gasteiger partial charge in [0.2, 0.25) is 0 Å². The fourth-order valence-corrected chi connectivity index (χ4v) is 16.0. The van der Waals surface area contributed by atoms with Crippen molar-refractivity contribution in [2.75, 3.05) is 11.5 Å². The molecule has 0 amide bonds. The highest BCUT2D eigenvalue weighted by Crippen LogP contribution is 2.61. The van der Waals surface area contributed by atoms with Crippen LogP contribution in [0.15, 0.2) is 34.1 Å². The van der Waals surface area contributed by atoms with E-state index in [4.69, 9.17) is 0 Å². The third-order valence-corrected chi connectivity index (χ3v) is 20.3. The molecular formula is C57H87F5O2S2. The lowest BCUT2D eigenvalue weighted by Gasteiger charge is -2.53. The lowest BCUT2D eigenvalue weighted by molar-refractivity contribution is -0.258. The fourth-order valence-electron chi connectivity index (χ4n) is 13.3. The minimum atomic E-state index is -3.51. The number of benzene rings is 1. The Labute approximate surface area is 406 Å². The molecule has 0 bridgehead atoms. The summed E-state index contributed by atoms with van der Waals surface area (Å²) in [5, 5.41) is 0. The molecule has 1 aromatic carbocycles. The van der Waals surface area contributed by atoms with Crippen LogP contribution in [0.3, 0.4) is 0 Å². The number of alkyl halides is 2. The molecule has 66 heavy (non-hydrogen) atoms. The molecular weight excluding hydrogens is 876 g/mol. The lowest BCUT2D eigenvalue weighted by Crippen LogP contribution is -2.50. The van der Waals surface area contributed by atoms with E-state index in [9.17, 15) is 26.7 Å². The predicted octanol–water partition coefficient (Wildman–Crippen LogP) is 19.2. The highest BCUT2D eigenvalue weighted by molar-refractivity contribution is 8.22. The fraction of sp³-hybridized carbons (Fsp3) is 0.807. The molecule has 2 nitrogen and oxygen atoms in total. The van der Waals surface area contributed by atoms with Crippen LogP contribution in [0.4, 0.5) is 22.0 Å². The third-order valence-electron chi connectivity index (χ3n) is 17.5. The highest BCUT2D eigenvalue weighted by atomic mass is 32.2. The van der Waals surface area contributed by atoms with Crippen LogP contribution in [0.1, 0.15) is 227 Å². The summed E-state index contributed by atoms with van der Waals surface area (Å²) in [7, 11) is 0. The Morgan fingerprint density at radius 1 is 0.621 bits per heavy atom. The lowest BCUT2D eigenvalue weighted by atomic mass is 9.54. The summed E-state index contributed by atoms with van der Waals surface area (Å²) >= 11 is 4.29. The third kappa shape index (κ3) is 15.0. The smallest absolute Gasteiger partial charge is 0.400 e. The number of carbonyl (C=O) groups excluding carboxylic acids is 1. The van der Waals surface area contributed by atoms with Gasteiger partial charge in [-0.1, -0.05) is 91.2 Å². The van der Waals surface area contributed by atoms with E-state index >= 15 is 0 Å². The number of allylic oxidation sites excluding steroid dienone is 2. The number of carbonyl (C=O) groups is 1. The summed E-state index contributed by atoms with van der Waals surface area (Å²) in [5.41, 5.74) is 4.55. The molecule has 1 saturated heterocycles. The van der Waals surface area contributed by atoms with Crippen molar-refractivity contribution in [1.29, 1.82) is 0 Å². The summed E-state index contributed by atoms with van der Waals surface area (Å²) in [6, 6.07) is 0.910. The van der Waals surface area contributed by atoms with Crippen LogP contribution in [-0.2, 0) is 4.79 Å². The molecule has 1 aliphatic heterocycles. The van der Waals surface area contributed by atoms with Crippen LogP contribution in [0.5, 0.6) is 5.75 Å². The molecule has 7 saturated carbocycles. The van der Waals surface area contributed by atoms with Crippen LogP contribution >= 0.6 is 23.5 Å². The minimum absolute atomic E-state index is 0.0268. The topological polar surface area (TPSA) is 26.3 Å². The molecule has 9 heteroatoms. The number of halogens is 5. The van der Waals surface area contributed by atoms with Gasteiger partial charge in [0.1, 0.15) is 11.5 Å². The molecule has 0 aromatic heterocycles. The van der Waals surface area contributed by atoms with Crippen LogP contribution in [0.25, 0.3) is 0 Å². The molecule has 0 radical (unpaired) electrons. The van der Waals surface area contributed by atoms with Gasteiger partial charge in [0, 0.05) is 29.2 Å². The van der Waals surface area contributed by atoms with E-state index in [2.05, 4.69) is 62.5 Å². The maximum absolute atomic E-state index is 14.3. The summed E-state index contributed by atoms with van der Waals surface area (Å²) in [6.07, 6.45) is 35.2. The van der Waals surface area contributed by atoms with Gasteiger partial charge in [-0.05, 0) is 192 Å². The molecule has 3 spiro atoms. The molecule has 1 heterocycles. The van der Waals surface area contributed by atoms with Crippen molar-refractivity contribution in [2.24, 2.45) is 45.8 Å². The monoisotopic (exact) mass is 963 g/mol. The molecule has 8 fully saturated rings. The molecule has 0 atom stereocenters. The number of rotatable bonds is 11. The second-order valence-electron chi connectivity index (χ2n) is 22.8. The maximum atomic E-state index is 14.3. The highest BCUT2D eigenvalue weighted by Gasteiger charge is 2.57. The number of hydrogen-bond acceptors (Lipinski definition) is 4. The molecule has 9 rings (SSSR count). The van der Waals surface area contributed by atoms with Crippen molar-refractivity contribution in [3.05, 3.63) is 51.5 Å². The first kappa shape index (κ1) is 53.9. The summed E-state index contributed by atoms with van der Waals surface area (Å²) in [4.78, 5) is 11.0. The van der Waals surface area contributed by atoms with E-state index in [-0.39, 0.29) is 5.41 Å². The number of Topliss-reactive ketones (excluding diaryl/α,β-unsaturated/α-hetero) is 1. The minimum Gasteiger partial charge on any atom is -0.432 e. The molecule has 0 unspecified atom stereocenters. The van der Waals surface area contributed by atoms with Gasteiger partial charge in [-0.25, -0.2) is 13.2 Å². The molecule has 1 aromatic rings. The zero-order valence-electron chi connectivity index (χ0n) is 41.6. The van der Waals surface area contributed by atoms with Crippen molar-refractivity contribution >= 4 is 29.3 Å². The second-order valence-corrected chi connectivity index (χ2v) is 25.3. The Bertz CT molecular complexity index is 1670. The van der Waals surface area contributed by atoms with E-state index < -0.39 is 35.2 Å². The zero-order valence-corrected chi connectivity index (χ0v) is 43.2. The first-order valence-electron chi connectivity index (χ1n) is 27.0. The Balaban J connectivity index is 0.000000154. The Morgan fingerprint density at radius 2 is 1.02 bits per heavy atom. The molecule has 374 valence electrons. The molecule has 8 aliphatic rings. The summed E-state index contributed by atoms with van der Waals surface area (Å²) in [6.45, 7) is 13.1. The van der Waals surface area contributed by atoms with Crippen LogP contribution in [0.2, 0.25) is 0 Å². The van der Waals surface area contributed by atoms with Gasteiger partial charge in [-0.15, -0.1) is 23.5 Å². The normalized spacial score (nSPS) is 29.9. The van der Waals surface area contributed by atoms with Crippen molar-refractivity contribution in [3.63, 3.8) is 0 Å². The quantitative estimate of drug-likeness (QED) is 0.125. The molecule has 0 N–H and O–H groups in total. The van der Waals surface area contributed by atoms with Crippen LogP contribution < -0.4 is 4.74 Å². The van der Waals surface area contributed by atoms with E-state index in [1.807, 2.05) is 5.57 Å². The van der Waals surface area contributed by atoms with Gasteiger partial charge >= 0.3 is 6.11 Å². The average molecular weight is 963 g/mol. The van der Waals surface area contributed by atoms with Crippen molar-refractivity contribution in [1.82, 2.24) is 0 Å². The van der Waals surface area contributed by atoms with Crippen LogP contribution in [-0.4, -0.2) is 23.4 Å². The van der Waals surface area contributed by atoms with Gasteiger partial charge in [0.15, 0.2) is 17.5 Å².